The second-order valence-electron chi connectivity index (χ2n) is 8.23. The number of ether oxygens (including phenoxy) is 1. The fourth-order valence-corrected chi connectivity index (χ4v) is 4.33. The predicted octanol–water partition coefficient (Wildman–Crippen LogP) is 3.72. The molecule has 3 heterocycles. The Balaban J connectivity index is 0.00000149. The van der Waals surface area contributed by atoms with Crippen LogP contribution in [0.4, 0.5) is 0 Å². The molecule has 176 valence electrons. The zero-order chi connectivity index (χ0) is 24.1. The molecule has 0 bridgehead atoms. The van der Waals surface area contributed by atoms with Crippen molar-refractivity contribution in [2.24, 2.45) is 0 Å². The molecule has 2 aromatic heterocycles. The summed E-state index contributed by atoms with van der Waals surface area (Å²) in [5.41, 5.74) is 5.06. The Kier molecular flexibility index (Phi) is 8.00. The summed E-state index contributed by atoms with van der Waals surface area (Å²) in [5, 5.41) is 14.8. The van der Waals surface area contributed by atoms with Crippen molar-refractivity contribution in [2.45, 2.75) is 66.3 Å². The minimum Gasteiger partial charge on any atom is -0.463 e. The highest BCUT2D eigenvalue weighted by Crippen LogP contribution is 2.37. The summed E-state index contributed by atoms with van der Waals surface area (Å²) in [6.07, 6.45) is -0.0560. The van der Waals surface area contributed by atoms with Gasteiger partial charge in [0.25, 0.3) is 12.0 Å². The number of para-hydroxylation sites is 1. The van der Waals surface area contributed by atoms with Crippen molar-refractivity contribution in [1.82, 2.24) is 14.9 Å². The van der Waals surface area contributed by atoms with Gasteiger partial charge in [-0.15, -0.1) is 0 Å². The Bertz CT molecular complexity index is 1200. The lowest BCUT2D eigenvalue weighted by Gasteiger charge is -2.14. The highest BCUT2D eigenvalue weighted by atomic mass is 16.5. The van der Waals surface area contributed by atoms with Gasteiger partial charge >= 0.3 is 0 Å². The summed E-state index contributed by atoms with van der Waals surface area (Å²) in [4.78, 5) is 28.9. The maximum absolute atomic E-state index is 13.3. The maximum Gasteiger partial charge on any atom is 0.293 e. The van der Waals surface area contributed by atoms with Crippen molar-refractivity contribution in [3.63, 3.8) is 0 Å². The van der Waals surface area contributed by atoms with Crippen LogP contribution in [0.3, 0.4) is 0 Å². The number of fused-ring (bicyclic) bond motifs is 4. The normalized spacial score (nSPS) is 12.7. The molecule has 1 aliphatic heterocycles. The Labute approximate surface area is 194 Å². The smallest absolute Gasteiger partial charge is 0.293 e. The molecule has 33 heavy (non-hydrogen) atoms. The van der Waals surface area contributed by atoms with Gasteiger partial charge < -0.3 is 19.7 Å². The molecule has 0 fully saturated rings. The summed E-state index contributed by atoms with van der Waals surface area (Å²) in [5.74, 6) is 0. The van der Waals surface area contributed by atoms with Crippen LogP contribution in [0.25, 0.3) is 22.3 Å². The van der Waals surface area contributed by atoms with Gasteiger partial charge in [0, 0.05) is 17.0 Å². The summed E-state index contributed by atoms with van der Waals surface area (Å²) in [7, 11) is 0. The van der Waals surface area contributed by atoms with Gasteiger partial charge in [0.1, 0.15) is 6.61 Å². The third-order valence-electron chi connectivity index (χ3n) is 5.78. The molecule has 0 amide bonds. The summed E-state index contributed by atoms with van der Waals surface area (Å²) < 4.78 is 6.53. The Morgan fingerprint density at radius 3 is 2.61 bits per heavy atom. The molecule has 0 saturated heterocycles. The molecule has 0 radical (unpaired) electrons. The monoisotopic (exact) mass is 451 g/mol. The van der Waals surface area contributed by atoms with Gasteiger partial charge in [-0.1, -0.05) is 45.9 Å². The Hall–Kier alpha value is -3.03. The zero-order valence-electron chi connectivity index (χ0n) is 20.0. The molecule has 7 nitrogen and oxygen atoms in total. The summed E-state index contributed by atoms with van der Waals surface area (Å²) in [6.45, 7) is 11.2. The number of hydrogen-bond acceptors (Lipinski definition) is 6. The summed E-state index contributed by atoms with van der Waals surface area (Å²) >= 11 is 0. The van der Waals surface area contributed by atoms with E-state index in [1.807, 2.05) is 32.0 Å². The number of nitrogens with zero attached hydrogens (tertiary/aromatic N) is 2. The molecule has 1 unspecified atom stereocenters. The minimum absolute atomic E-state index is 0.167. The molecule has 1 aromatic carbocycles. The third kappa shape index (κ3) is 4.84. The molecule has 3 aromatic rings. The van der Waals surface area contributed by atoms with Crippen molar-refractivity contribution < 1.29 is 14.6 Å². The molecule has 1 aliphatic rings. The van der Waals surface area contributed by atoms with Gasteiger partial charge in [-0.25, -0.2) is 4.98 Å². The number of aromatic nitrogens is 2. The highest BCUT2D eigenvalue weighted by Gasteiger charge is 2.28. The van der Waals surface area contributed by atoms with Gasteiger partial charge in [-0.05, 0) is 43.1 Å². The van der Waals surface area contributed by atoms with Crippen LogP contribution in [0.15, 0.2) is 35.1 Å². The molecule has 0 saturated carbocycles. The van der Waals surface area contributed by atoms with Crippen molar-refractivity contribution >= 4 is 17.4 Å². The number of aliphatic hydroxyl groups excluding tert-OH is 1. The molecule has 2 N–H and O–H groups in total. The Morgan fingerprint density at radius 1 is 1.21 bits per heavy atom. The summed E-state index contributed by atoms with van der Waals surface area (Å²) in [6, 6.07) is 10.2. The van der Waals surface area contributed by atoms with E-state index >= 15 is 0 Å². The molecule has 0 spiro atoms. The fourth-order valence-electron chi connectivity index (χ4n) is 4.33. The highest BCUT2D eigenvalue weighted by molar-refractivity contribution is 5.88. The van der Waals surface area contributed by atoms with E-state index < -0.39 is 6.10 Å². The number of nitrogens with one attached hydrogen (secondary N) is 1. The van der Waals surface area contributed by atoms with Gasteiger partial charge in [0.15, 0.2) is 0 Å². The predicted molar refractivity (Wildman–Crippen MR) is 130 cm³/mol. The number of aliphatic hydroxyl groups is 1. The topological polar surface area (TPSA) is 93.5 Å². The SMILES string of the molecule is CC.CC(C)NCCc1c2c(nc3ccccc13)-c1cc(C(C)O)c(COC=O)c(=O)n1C2. The van der Waals surface area contributed by atoms with Crippen LogP contribution in [-0.2, 0) is 29.1 Å². The van der Waals surface area contributed by atoms with Crippen molar-refractivity contribution in [3.05, 3.63) is 62.9 Å². The standard InChI is InChI=1S/C24H27N3O4.C2H6/c1-14(2)25-9-8-16-17-6-4-5-7-21(17)26-23-19(16)11-27-22(23)10-18(15(3)29)20(24(27)30)12-31-13-28;1-2/h4-7,10,13-15,25,29H,8-9,11-12H2,1-3H3;1-2H3. The lowest BCUT2D eigenvalue weighted by atomic mass is 9.97. The first-order chi connectivity index (χ1) is 15.9. The van der Waals surface area contributed by atoms with Crippen LogP contribution in [0.5, 0.6) is 0 Å². The minimum atomic E-state index is -0.872. The largest absolute Gasteiger partial charge is 0.463 e. The number of carbonyl (C=O) groups is 1. The molecule has 7 heteroatoms. The van der Waals surface area contributed by atoms with Crippen molar-refractivity contribution in [3.8, 4) is 11.4 Å². The molecule has 4 rings (SSSR count). The van der Waals surface area contributed by atoms with Gasteiger partial charge in [0.2, 0.25) is 0 Å². The quantitative estimate of drug-likeness (QED) is 0.397. The first kappa shape index (κ1) is 24.6. The van der Waals surface area contributed by atoms with Crippen molar-refractivity contribution in [2.75, 3.05) is 6.54 Å². The van der Waals surface area contributed by atoms with E-state index in [4.69, 9.17) is 9.72 Å². The van der Waals surface area contributed by atoms with Gasteiger partial charge in [-0.3, -0.25) is 9.59 Å². The first-order valence-corrected chi connectivity index (χ1v) is 11.6. The Morgan fingerprint density at radius 2 is 1.94 bits per heavy atom. The average Bonchev–Trinajstić information content (AvgIpc) is 3.17. The number of carbonyl (C=O) groups excluding carboxylic acids is 1. The van der Waals surface area contributed by atoms with Crippen LogP contribution in [0.2, 0.25) is 0 Å². The average molecular weight is 452 g/mol. The van der Waals surface area contributed by atoms with E-state index in [0.29, 0.717) is 35.9 Å². The van der Waals surface area contributed by atoms with E-state index in [-0.39, 0.29) is 12.2 Å². The van der Waals surface area contributed by atoms with Gasteiger partial charge in [0.05, 0.1) is 35.1 Å². The van der Waals surface area contributed by atoms with Gasteiger partial charge in [-0.2, -0.15) is 0 Å². The van der Waals surface area contributed by atoms with E-state index in [9.17, 15) is 14.7 Å². The lowest BCUT2D eigenvalue weighted by molar-refractivity contribution is -0.129. The maximum atomic E-state index is 13.3. The third-order valence-corrected chi connectivity index (χ3v) is 5.78. The van der Waals surface area contributed by atoms with Crippen LogP contribution in [-0.4, -0.2) is 33.7 Å². The molecular weight excluding hydrogens is 418 g/mol. The van der Waals surface area contributed by atoms with E-state index in [2.05, 4.69) is 25.2 Å². The van der Waals surface area contributed by atoms with Crippen LogP contribution >= 0.6 is 0 Å². The van der Waals surface area contributed by atoms with E-state index in [0.717, 1.165) is 35.1 Å². The van der Waals surface area contributed by atoms with E-state index in [1.54, 1.807) is 17.6 Å². The lowest BCUT2D eigenvalue weighted by Crippen LogP contribution is -2.26. The second-order valence-corrected chi connectivity index (χ2v) is 8.23. The zero-order valence-corrected chi connectivity index (χ0v) is 20.0. The van der Waals surface area contributed by atoms with Crippen LogP contribution in [0.1, 0.15) is 63.0 Å². The molecule has 0 aliphatic carbocycles. The molecule has 1 atom stereocenters. The molecular formula is C26H33N3O4. The number of rotatable bonds is 8. The fraction of sp³-hybridized carbons (Fsp3) is 0.423. The number of pyridine rings is 2. The second kappa shape index (κ2) is 10.7. The number of hydrogen-bond donors (Lipinski definition) is 2. The van der Waals surface area contributed by atoms with Crippen molar-refractivity contribution in [1.29, 1.82) is 0 Å². The van der Waals surface area contributed by atoms with Crippen LogP contribution < -0.4 is 10.9 Å². The van der Waals surface area contributed by atoms with Crippen LogP contribution in [0, 0.1) is 0 Å². The number of benzene rings is 1. The first-order valence-electron chi connectivity index (χ1n) is 11.6. The van der Waals surface area contributed by atoms with E-state index in [1.165, 1.54) is 5.56 Å².